The Bertz CT molecular complexity index is 195. The molecule has 88 valence electrons. The molecule has 0 atom stereocenters. The molecule has 0 radical (unpaired) electrons. The summed E-state index contributed by atoms with van der Waals surface area (Å²) in [5.74, 6) is 0. The average molecular weight is 226 g/mol. The molecule has 0 aliphatic carbocycles. The Balaban J connectivity index is 3.53. The predicted octanol–water partition coefficient (Wildman–Crippen LogP) is 4.88. The maximum Gasteiger partial charge on any atom is 0.244 e. The zero-order chi connectivity index (χ0) is 11.6. The van der Waals surface area contributed by atoms with Crippen molar-refractivity contribution in [1.82, 2.24) is 0 Å². The van der Waals surface area contributed by atoms with E-state index in [9.17, 15) is 0 Å². The Morgan fingerprint density at radius 2 is 1.80 bits per heavy atom. The van der Waals surface area contributed by atoms with Crippen molar-refractivity contribution in [3.63, 3.8) is 0 Å². The second kappa shape index (κ2) is 8.78. The summed E-state index contributed by atoms with van der Waals surface area (Å²) >= 11 is 0. The quantitative estimate of drug-likeness (QED) is 0.248. The predicted molar refractivity (Wildman–Crippen MR) is 71.5 cm³/mol. The first-order valence-electron chi connectivity index (χ1n) is 6.12. The van der Waals surface area contributed by atoms with Gasteiger partial charge in [-0.05, 0) is 38.1 Å². The molecule has 0 aliphatic rings. The van der Waals surface area contributed by atoms with Crippen LogP contribution in [0.25, 0.3) is 0 Å². The summed E-state index contributed by atoms with van der Waals surface area (Å²) in [7, 11) is -1.38. The molecule has 0 aromatic carbocycles. The lowest BCUT2D eigenvalue weighted by atomic mass is 10.2. The Morgan fingerprint density at radius 1 is 1.07 bits per heavy atom. The molecule has 0 saturated heterocycles. The smallest absolute Gasteiger partial charge is 0.244 e. The van der Waals surface area contributed by atoms with E-state index in [1.807, 2.05) is 12.3 Å². The average Bonchev–Trinajstić information content (AvgIpc) is 2.22. The summed E-state index contributed by atoms with van der Waals surface area (Å²) in [6.07, 6.45) is 13.3. The minimum atomic E-state index is -1.38. The second-order valence-electron chi connectivity index (χ2n) is 4.48. The third kappa shape index (κ3) is 9.79. The van der Waals surface area contributed by atoms with Crippen LogP contribution in [0.5, 0.6) is 0 Å². The number of unbranched alkanes of at least 4 members (excludes halogenated alkanes) is 3. The summed E-state index contributed by atoms with van der Waals surface area (Å²) in [5, 5.41) is 0. The first kappa shape index (κ1) is 14.5. The number of hydrogen-bond acceptors (Lipinski definition) is 1. The number of hydrogen-bond donors (Lipinski definition) is 0. The third-order valence-corrected chi connectivity index (χ3v) is 5.02. The Kier molecular flexibility index (Phi) is 8.48. The van der Waals surface area contributed by atoms with Gasteiger partial charge in [-0.1, -0.05) is 38.8 Å². The molecule has 0 amide bonds. The van der Waals surface area contributed by atoms with Crippen LogP contribution in [0.2, 0.25) is 19.1 Å². The molecule has 0 saturated carbocycles. The van der Waals surface area contributed by atoms with Gasteiger partial charge in [-0.25, -0.2) is 0 Å². The van der Waals surface area contributed by atoms with E-state index in [2.05, 4.69) is 39.1 Å². The van der Waals surface area contributed by atoms with Gasteiger partial charge in [0.2, 0.25) is 8.32 Å². The van der Waals surface area contributed by atoms with E-state index in [4.69, 9.17) is 4.43 Å². The molecule has 0 spiro atoms. The highest BCUT2D eigenvalue weighted by Gasteiger charge is 2.18. The molecule has 1 nitrogen and oxygen atoms in total. The maximum atomic E-state index is 5.71. The second-order valence-corrected chi connectivity index (χ2v) is 8.95. The van der Waals surface area contributed by atoms with Crippen molar-refractivity contribution in [3.05, 3.63) is 24.5 Å². The van der Waals surface area contributed by atoms with Crippen molar-refractivity contribution in [1.29, 1.82) is 0 Å². The molecule has 0 aromatic heterocycles. The number of allylic oxidation sites excluding steroid dienone is 3. The monoisotopic (exact) mass is 226 g/mol. The molecular weight excluding hydrogens is 200 g/mol. The highest BCUT2D eigenvalue weighted by Crippen LogP contribution is 2.09. The van der Waals surface area contributed by atoms with E-state index >= 15 is 0 Å². The van der Waals surface area contributed by atoms with E-state index in [0.717, 1.165) is 6.04 Å². The minimum Gasteiger partial charge on any atom is -0.549 e. The molecule has 2 heteroatoms. The molecule has 0 aliphatic heterocycles. The fourth-order valence-corrected chi connectivity index (χ4v) is 1.65. The van der Waals surface area contributed by atoms with Crippen molar-refractivity contribution in [2.75, 3.05) is 0 Å². The summed E-state index contributed by atoms with van der Waals surface area (Å²) in [4.78, 5) is 0. The summed E-state index contributed by atoms with van der Waals surface area (Å²) in [5.41, 5.74) is 0. The fourth-order valence-electron chi connectivity index (χ4n) is 1.04. The van der Waals surface area contributed by atoms with Gasteiger partial charge in [0.1, 0.15) is 0 Å². The van der Waals surface area contributed by atoms with Gasteiger partial charge in [0.15, 0.2) is 0 Å². The van der Waals surface area contributed by atoms with Crippen LogP contribution in [0, 0.1) is 0 Å². The maximum absolute atomic E-state index is 5.71. The van der Waals surface area contributed by atoms with Gasteiger partial charge in [0.05, 0.1) is 6.26 Å². The third-order valence-electron chi connectivity index (χ3n) is 2.54. The molecule has 0 unspecified atom stereocenters. The van der Waals surface area contributed by atoms with Crippen LogP contribution in [0.3, 0.4) is 0 Å². The molecule has 15 heavy (non-hydrogen) atoms. The van der Waals surface area contributed by atoms with Crippen molar-refractivity contribution >= 4 is 8.32 Å². The SMILES string of the molecule is CCCCCC=CC=CO[Si](C)(C)CC. The number of rotatable bonds is 8. The zero-order valence-corrected chi connectivity index (χ0v) is 11.8. The molecule has 0 N–H and O–H groups in total. The van der Waals surface area contributed by atoms with E-state index in [0.29, 0.717) is 0 Å². The Hall–Kier alpha value is -0.503. The van der Waals surface area contributed by atoms with Crippen LogP contribution in [-0.4, -0.2) is 8.32 Å². The van der Waals surface area contributed by atoms with Crippen LogP contribution >= 0.6 is 0 Å². The van der Waals surface area contributed by atoms with E-state index in [1.54, 1.807) is 0 Å². The van der Waals surface area contributed by atoms with Crippen LogP contribution < -0.4 is 0 Å². The minimum absolute atomic E-state index is 1.16. The molecule has 0 aromatic rings. The fraction of sp³-hybridized carbons (Fsp3) is 0.692. The molecular formula is C13H26OSi. The zero-order valence-electron chi connectivity index (χ0n) is 10.8. The van der Waals surface area contributed by atoms with Crippen LogP contribution in [0.1, 0.15) is 39.5 Å². The molecule has 0 fully saturated rings. The van der Waals surface area contributed by atoms with Crippen LogP contribution in [-0.2, 0) is 4.43 Å². The first-order valence-corrected chi connectivity index (χ1v) is 9.23. The van der Waals surface area contributed by atoms with Crippen molar-refractivity contribution in [2.24, 2.45) is 0 Å². The molecule has 0 bridgehead atoms. The topological polar surface area (TPSA) is 9.23 Å². The van der Waals surface area contributed by atoms with E-state index < -0.39 is 8.32 Å². The summed E-state index contributed by atoms with van der Waals surface area (Å²) in [6, 6.07) is 1.16. The summed E-state index contributed by atoms with van der Waals surface area (Å²) in [6.45, 7) is 8.90. The standard InChI is InChI=1S/C13H26OSi/c1-5-7-8-9-10-11-12-13-14-15(3,4)6-2/h10-13H,5-9H2,1-4H3. The van der Waals surface area contributed by atoms with Gasteiger partial charge in [-0.2, -0.15) is 0 Å². The van der Waals surface area contributed by atoms with Gasteiger partial charge in [0, 0.05) is 0 Å². The first-order chi connectivity index (χ1) is 7.12. The largest absolute Gasteiger partial charge is 0.549 e. The van der Waals surface area contributed by atoms with Gasteiger partial charge < -0.3 is 4.43 Å². The molecule has 0 heterocycles. The van der Waals surface area contributed by atoms with Gasteiger partial charge in [-0.15, -0.1) is 0 Å². The lowest BCUT2D eigenvalue weighted by Crippen LogP contribution is -2.26. The van der Waals surface area contributed by atoms with Crippen molar-refractivity contribution in [2.45, 2.75) is 58.7 Å². The van der Waals surface area contributed by atoms with E-state index in [1.165, 1.54) is 25.7 Å². The summed E-state index contributed by atoms with van der Waals surface area (Å²) < 4.78 is 5.71. The Labute approximate surface area is 96.4 Å². The van der Waals surface area contributed by atoms with Crippen LogP contribution in [0.4, 0.5) is 0 Å². The highest BCUT2D eigenvalue weighted by atomic mass is 28.4. The lowest BCUT2D eigenvalue weighted by molar-refractivity contribution is 0.472. The van der Waals surface area contributed by atoms with E-state index in [-0.39, 0.29) is 0 Å². The van der Waals surface area contributed by atoms with Crippen molar-refractivity contribution < 1.29 is 4.43 Å². The van der Waals surface area contributed by atoms with Gasteiger partial charge in [0.25, 0.3) is 0 Å². The van der Waals surface area contributed by atoms with Crippen molar-refractivity contribution in [3.8, 4) is 0 Å². The van der Waals surface area contributed by atoms with Gasteiger partial charge >= 0.3 is 0 Å². The Morgan fingerprint density at radius 3 is 2.40 bits per heavy atom. The highest BCUT2D eigenvalue weighted by molar-refractivity contribution is 6.71. The lowest BCUT2D eigenvalue weighted by Gasteiger charge is -2.18. The van der Waals surface area contributed by atoms with Crippen LogP contribution in [0.15, 0.2) is 24.5 Å². The van der Waals surface area contributed by atoms with Gasteiger partial charge in [-0.3, -0.25) is 0 Å². The normalized spacial score (nSPS) is 12.8. The molecule has 0 rings (SSSR count).